The van der Waals surface area contributed by atoms with Crippen molar-refractivity contribution in [2.45, 2.75) is 53.2 Å². The second-order valence-electron chi connectivity index (χ2n) is 10.2. The number of aliphatic hydroxyl groups excluding tert-OH is 1. The van der Waals surface area contributed by atoms with Crippen LogP contribution in [0, 0.1) is 0 Å². The lowest BCUT2D eigenvalue weighted by molar-refractivity contribution is -0.0312. The Morgan fingerprint density at radius 1 is 1.13 bits per heavy atom. The standard InChI is InChI=1S/C26H35N3O8S2/c1-27-38(31,32)23-4-2-3-22(14-23)36-18-21(30)16-28-20-15-26(37-17-20)8-10-29(11-9-26)39(33,34)24-5-6-25-19(13-24)7-12-35-25/h2-6,13-14,20-21,27-28,30H,7-12,15-18H2,1H3. The van der Waals surface area contributed by atoms with Crippen LogP contribution in [0.2, 0.25) is 0 Å². The maximum atomic E-state index is 13.2. The van der Waals surface area contributed by atoms with Crippen LogP contribution in [0.15, 0.2) is 52.3 Å². The van der Waals surface area contributed by atoms with E-state index in [1.165, 1.54) is 23.5 Å². The SMILES string of the molecule is CNS(=O)(=O)c1cccc(OCC(O)CNC2COC3(CCN(S(=O)(=O)c4ccc5c(c4)CCO5)CC3)C2)c1. The zero-order chi connectivity index (χ0) is 27.7. The van der Waals surface area contributed by atoms with Crippen LogP contribution in [0.4, 0.5) is 0 Å². The molecule has 3 aliphatic rings. The number of hydrogen-bond acceptors (Lipinski definition) is 9. The third-order valence-electron chi connectivity index (χ3n) is 7.61. The van der Waals surface area contributed by atoms with Crippen molar-refractivity contribution in [2.24, 2.45) is 0 Å². The second-order valence-corrected chi connectivity index (χ2v) is 14.0. The van der Waals surface area contributed by atoms with Crippen LogP contribution in [0.5, 0.6) is 11.5 Å². The minimum atomic E-state index is -3.58. The third kappa shape index (κ3) is 6.24. The second kappa shape index (κ2) is 11.3. The monoisotopic (exact) mass is 581 g/mol. The Bertz CT molecular complexity index is 1390. The van der Waals surface area contributed by atoms with E-state index >= 15 is 0 Å². The lowest BCUT2D eigenvalue weighted by Crippen LogP contribution is -2.47. The maximum absolute atomic E-state index is 13.2. The van der Waals surface area contributed by atoms with Gasteiger partial charge in [0.15, 0.2) is 0 Å². The van der Waals surface area contributed by atoms with Crippen LogP contribution in [0.25, 0.3) is 0 Å². The summed E-state index contributed by atoms with van der Waals surface area (Å²) in [6.45, 7) is 2.12. The van der Waals surface area contributed by atoms with Gasteiger partial charge < -0.3 is 24.6 Å². The highest BCUT2D eigenvalue weighted by atomic mass is 32.2. The number of benzene rings is 2. The third-order valence-corrected chi connectivity index (χ3v) is 10.9. The molecule has 0 radical (unpaired) electrons. The lowest BCUT2D eigenvalue weighted by Gasteiger charge is -2.38. The molecule has 214 valence electrons. The molecular formula is C26H35N3O8S2. The van der Waals surface area contributed by atoms with Crippen LogP contribution < -0.4 is 19.5 Å². The fraction of sp³-hybridized carbons (Fsp3) is 0.538. The first-order valence-corrected chi connectivity index (χ1v) is 16.0. The lowest BCUT2D eigenvalue weighted by atomic mass is 9.88. The zero-order valence-electron chi connectivity index (χ0n) is 21.8. The number of aliphatic hydroxyl groups is 1. The first kappa shape index (κ1) is 28.3. The number of ether oxygens (including phenoxy) is 3. The number of rotatable bonds is 10. The summed E-state index contributed by atoms with van der Waals surface area (Å²) < 4.78 is 71.5. The smallest absolute Gasteiger partial charge is 0.243 e. The van der Waals surface area contributed by atoms with Crippen molar-refractivity contribution in [3.05, 3.63) is 48.0 Å². The number of nitrogens with zero attached hydrogens (tertiary/aromatic N) is 1. The minimum Gasteiger partial charge on any atom is -0.493 e. The number of piperidine rings is 1. The predicted octanol–water partition coefficient (Wildman–Crippen LogP) is 0.871. The molecule has 2 unspecified atom stereocenters. The van der Waals surface area contributed by atoms with E-state index in [2.05, 4.69) is 10.0 Å². The average molecular weight is 582 g/mol. The molecule has 0 aliphatic carbocycles. The molecule has 1 spiro atoms. The van der Waals surface area contributed by atoms with Crippen molar-refractivity contribution >= 4 is 20.0 Å². The van der Waals surface area contributed by atoms with Crippen molar-refractivity contribution < 1.29 is 36.2 Å². The van der Waals surface area contributed by atoms with Crippen molar-refractivity contribution in [2.75, 3.05) is 46.5 Å². The minimum absolute atomic E-state index is 0.00356. The van der Waals surface area contributed by atoms with E-state index < -0.39 is 26.2 Å². The highest BCUT2D eigenvalue weighted by Gasteiger charge is 2.44. The largest absolute Gasteiger partial charge is 0.493 e. The van der Waals surface area contributed by atoms with Gasteiger partial charge >= 0.3 is 0 Å². The summed E-state index contributed by atoms with van der Waals surface area (Å²) in [6, 6.07) is 11.2. The molecule has 0 amide bonds. The van der Waals surface area contributed by atoms with Gasteiger partial charge in [0.2, 0.25) is 20.0 Å². The summed E-state index contributed by atoms with van der Waals surface area (Å²) in [4.78, 5) is 0.394. The van der Waals surface area contributed by atoms with Crippen LogP contribution in [0.3, 0.4) is 0 Å². The fourth-order valence-electron chi connectivity index (χ4n) is 5.33. The van der Waals surface area contributed by atoms with Crippen molar-refractivity contribution in [1.82, 2.24) is 14.3 Å². The van der Waals surface area contributed by atoms with E-state index in [0.29, 0.717) is 49.8 Å². The summed E-state index contributed by atoms with van der Waals surface area (Å²) in [5, 5.41) is 13.7. The Hall–Kier alpha value is -2.26. The predicted molar refractivity (Wildman–Crippen MR) is 143 cm³/mol. The first-order valence-electron chi connectivity index (χ1n) is 13.1. The van der Waals surface area contributed by atoms with E-state index in [-0.39, 0.29) is 29.7 Å². The molecule has 0 aromatic heterocycles. The molecule has 0 saturated carbocycles. The highest BCUT2D eigenvalue weighted by Crippen LogP contribution is 2.38. The van der Waals surface area contributed by atoms with Gasteiger partial charge in [-0.25, -0.2) is 21.6 Å². The molecule has 2 saturated heterocycles. The van der Waals surface area contributed by atoms with Crippen molar-refractivity contribution in [3.8, 4) is 11.5 Å². The topological polar surface area (TPSA) is 144 Å². The highest BCUT2D eigenvalue weighted by molar-refractivity contribution is 7.89. The van der Waals surface area contributed by atoms with Crippen molar-refractivity contribution in [3.63, 3.8) is 0 Å². The quantitative estimate of drug-likeness (QED) is 0.372. The van der Waals surface area contributed by atoms with Gasteiger partial charge in [0.1, 0.15) is 24.2 Å². The Labute approximate surface area is 229 Å². The molecule has 3 aliphatic heterocycles. The summed E-state index contributed by atoms with van der Waals surface area (Å²) in [6.07, 6.45) is 1.86. The fourth-order valence-corrected chi connectivity index (χ4v) is 7.59. The van der Waals surface area contributed by atoms with E-state index in [1.807, 2.05) is 0 Å². The summed E-state index contributed by atoms with van der Waals surface area (Å²) in [5.41, 5.74) is 0.552. The first-order chi connectivity index (χ1) is 18.6. The molecule has 39 heavy (non-hydrogen) atoms. The van der Waals surface area contributed by atoms with Crippen LogP contribution >= 0.6 is 0 Å². The average Bonchev–Trinajstić information content (AvgIpc) is 3.58. The number of nitrogens with one attached hydrogen (secondary N) is 2. The number of fused-ring (bicyclic) bond motifs is 1. The molecule has 2 atom stereocenters. The molecule has 2 aromatic carbocycles. The number of hydrogen-bond donors (Lipinski definition) is 3. The molecule has 5 rings (SSSR count). The van der Waals surface area contributed by atoms with E-state index in [9.17, 15) is 21.9 Å². The van der Waals surface area contributed by atoms with Gasteiger partial charge in [-0.05, 0) is 62.2 Å². The van der Waals surface area contributed by atoms with Crippen molar-refractivity contribution in [1.29, 1.82) is 0 Å². The van der Waals surface area contributed by atoms with Gasteiger partial charge in [-0.15, -0.1) is 0 Å². The van der Waals surface area contributed by atoms with Gasteiger partial charge in [0.05, 0.1) is 28.6 Å². The molecule has 2 fully saturated rings. The molecule has 13 heteroatoms. The Kier molecular flexibility index (Phi) is 8.20. The Morgan fingerprint density at radius 2 is 1.92 bits per heavy atom. The van der Waals surface area contributed by atoms with E-state index in [4.69, 9.17) is 14.2 Å². The maximum Gasteiger partial charge on any atom is 0.243 e. The molecule has 3 heterocycles. The van der Waals surface area contributed by atoms with Gasteiger partial charge in [-0.3, -0.25) is 0 Å². The summed E-state index contributed by atoms with van der Waals surface area (Å²) >= 11 is 0. The van der Waals surface area contributed by atoms with Gasteiger partial charge in [0.25, 0.3) is 0 Å². The normalized spacial score (nSPS) is 21.9. The van der Waals surface area contributed by atoms with E-state index in [1.54, 1.807) is 30.3 Å². The molecule has 0 bridgehead atoms. The van der Waals surface area contributed by atoms with Gasteiger partial charge in [-0.1, -0.05) is 6.07 Å². The van der Waals surface area contributed by atoms with Crippen LogP contribution in [-0.2, 0) is 31.2 Å². The van der Waals surface area contributed by atoms with Crippen LogP contribution in [0.1, 0.15) is 24.8 Å². The Morgan fingerprint density at radius 3 is 2.69 bits per heavy atom. The van der Waals surface area contributed by atoms with Gasteiger partial charge in [-0.2, -0.15) is 4.31 Å². The number of sulfonamides is 2. The molecule has 3 N–H and O–H groups in total. The zero-order valence-corrected chi connectivity index (χ0v) is 23.5. The molecule has 11 nitrogen and oxygen atoms in total. The molecule has 2 aromatic rings. The summed E-state index contributed by atoms with van der Waals surface area (Å²) in [5.74, 6) is 1.11. The Balaban J connectivity index is 1.08. The van der Waals surface area contributed by atoms with Crippen LogP contribution in [-0.4, -0.2) is 90.5 Å². The molecular weight excluding hydrogens is 546 g/mol. The van der Waals surface area contributed by atoms with E-state index in [0.717, 1.165) is 24.2 Å². The van der Waals surface area contributed by atoms with Gasteiger partial charge in [0, 0.05) is 38.2 Å². The summed E-state index contributed by atoms with van der Waals surface area (Å²) in [7, 11) is -5.83.